The molecular formula is C18H34ClNO. The van der Waals surface area contributed by atoms with Crippen LogP contribution in [0.15, 0.2) is 0 Å². The fourth-order valence-corrected chi connectivity index (χ4v) is 3.50. The Morgan fingerprint density at radius 1 is 1.05 bits per heavy atom. The molecule has 1 fully saturated rings. The van der Waals surface area contributed by atoms with Crippen LogP contribution in [0.1, 0.15) is 84.0 Å². The molecule has 0 N–H and O–H groups in total. The van der Waals surface area contributed by atoms with Gasteiger partial charge in [-0.2, -0.15) is 0 Å². The third kappa shape index (κ3) is 8.70. The predicted octanol–water partition coefficient (Wildman–Crippen LogP) is 5.38. The molecule has 0 bridgehead atoms. The van der Waals surface area contributed by atoms with Crippen LogP contribution >= 0.6 is 11.6 Å². The molecule has 1 atom stereocenters. The van der Waals surface area contributed by atoms with E-state index in [2.05, 4.69) is 11.8 Å². The third-order valence-electron chi connectivity index (χ3n) is 4.65. The number of halogens is 1. The summed E-state index contributed by atoms with van der Waals surface area (Å²) >= 11 is 5.78. The van der Waals surface area contributed by atoms with Crippen LogP contribution in [-0.4, -0.2) is 29.8 Å². The summed E-state index contributed by atoms with van der Waals surface area (Å²) in [5.74, 6) is 1.75. The Labute approximate surface area is 136 Å². The maximum atomic E-state index is 12.1. The Balaban J connectivity index is 1.92. The van der Waals surface area contributed by atoms with Gasteiger partial charge in [-0.3, -0.25) is 4.79 Å². The normalized spacial score (nSPS) is 18.4. The Kier molecular flexibility index (Phi) is 11.0. The van der Waals surface area contributed by atoms with Crippen molar-refractivity contribution < 1.29 is 4.79 Å². The molecule has 0 saturated carbocycles. The van der Waals surface area contributed by atoms with Crippen molar-refractivity contribution in [2.24, 2.45) is 5.92 Å². The lowest BCUT2D eigenvalue weighted by atomic mass is 10.1. The first kappa shape index (κ1) is 18.8. The number of rotatable bonds is 12. The SMILES string of the molecule is CCCCCCCCCCCC(=O)N1CCC(CCCl)C1. The predicted molar refractivity (Wildman–Crippen MR) is 91.9 cm³/mol. The van der Waals surface area contributed by atoms with Gasteiger partial charge in [-0.25, -0.2) is 0 Å². The van der Waals surface area contributed by atoms with Crippen LogP contribution < -0.4 is 0 Å². The first-order valence-corrected chi connectivity index (χ1v) is 9.65. The van der Waals surface area contributed by atoms with Gasteiger partial charge >= 0.3 is 0 Å². The fourth-order valence-electron chi connectivity index (χ4n) is 3.19. The van der Waals surface area contributed by atoms with E-state index in [1.165, 1.54) is 51.4 Å². The highest BCUT2D eigenvalue weighted by molar-refractivity contribution is 6.17. The summed E-state index contributed by atoms with van der Waals surface area (Å²) < 4.78 is 0. The molecule has 21 heavy (non-hydrogen) atoms. The number of carbonyl (C=O) groups is 1. The van der Waals surface area contributed by atoms with Crippen LogP contribution in [-0.2, 0) is 4.79 Å². The number of hydrogen-bond donors (Lipinski definition) is 0. The Morgan fingerprint density at radius 3 is 2.29 bits per heavy atom. The van der Waals surface area contributed by atoms with Gasteiger partial charge in [-0.15, -0.1) is 11.6 Å². The summed E-state index contributed by atoms with van der Waals surface area (Å²) in [4.78, 5) is 14.2. The van der Waals surface area contributed by atoms with Gasteiger partial charge in [-0.05, 0) is 25.2 Å². The smallest absolute Gasteiger partial charge is 0.222 e. The minimum atomic E-state index is 0.370. The van der Waals surface area contributed by atoms with Crippen molar-refractivity contribution in [3.63, 3.8) is 0 Å². The second kappa shape index (κ2) is 12.3. The number of alkyl halides is 1. The van der Waals surface area contributed by atoms with Crippen LogP contribution in [0.4, 0.5) is 0 Å². The zero-order valence-corrected chi connectivity index (χ0v) is 14.7. The van der Waals surface area contributed by atoms with Crippen molar-refractivity contribution in [2.75, 3.05) is 19.0 Å². The quantitative estimate of drug-likeness (QED) is 0.349. The lowest BCUT2D eigenvalue weighted by Crippen LogP contribution is -2.28. The molecule has 1 rings (SSSR count). The average Bonchev–Trinajstić information content (AvgIpc) is 2.94. The minimum Gasteiger partial charge on any atom is -0.342 e. The number of nitrogens with zero attached hydrogens (tertiary/aromatic N) is 1. The molecule has 1 saturated heterocycles. The van der Waals surface area contributed by atoms with Crippen molar-refractivity contribution in [3.05, 3.63) is 0 Å². The van der Waals surface area contributed by atoms with Gasteiger partial charge in [0.1, 0.15) is 0 Å². The number of likely N-dealkylation sites (tertiary alicyclic amines) is 1. The average molecular weight is 316 g/mol. The monoisotopic (exact) mass is 315 g/mol. The number of amides is 1. The van der Waals surface area contributed by atoms with Gasteiger partial charge in [0.15, 0.2) is 0 Å². The molecule has 1 aliphatic rings. The molecule has 0 aromatic carbocycles. The molecule has 2 nitrogen and oxygen atoms in total. The largest absolute Gasteiger partial charge is 0.342 e. The first-order valence-electron chi connectivity index (χ1n) is 9.11. The highest BCUT2D eigenvalue weighted by Crippen LogP contribution is 2.21. The second-order valence-electron chi connectivity index (χ2n) is 6.55. The standard InChI is InChI=1S/C18H34ClNO/c1-2-3-4-5-6-7-8-9-10-11-18(21)20-15-13-17(16-20)12-14-19/h17H,2-16H2,1H3. The van der Waals surface area contributed by atoms with Gasteiger partial charge in [0, 0.05) is 25.4 Å². The van der Waals surface area contributed by atoms with Crippen molar-refractivity contribution in [1.82, 2.24) is 4.90 Å². The van der Waals surface area contributed by atoms with E-state index >= 15 is 0 Å². The lowest BCUT2D eigenvalue weighted by Gasteiger charge is -2.16. The van der Waals surface area contributed by atoms with E-state index in [1.807, 2.05) is 0 Å². The molecule has 0 radical (unpaired) electrons. The molecule has 0 spiro atoms. The van der Waals surface area contributed by atoms with Gasteiger partial charge in [-0.1, -0.05) is 58.3 Å². The van der Waals surface area contributed by atoms with Gasteiger partial charge in [0.2, 0.25) is 5.91 Å². The van der Waals surface area contributed by atoms with E-state index in [1.54, 1.807) is 0 Å². The summed E-state index contributed by atoms with van der Waals surface area (Å²) in [6.45, 7) is 4.16. The molecule has 3 heteroatoms. The van der Waals surface area contributed by atoms with Crippen LogP contribution in [0.5, 0.6) is 0 Å². The van der Waals surface area contributed by atoms with E-state index < -0.39 is 0 Å². The van der Waals surface area contributed by atoms with Crippen molar-refractivity contribution >= 4 is 17.5 Å². The molecule has 0 aromatic heterocycles. The van der Waals surface area contributed by atoms with E-state index in [9.17, 15) is 4.79 Å². The first-order chi connectivity index (χ1) is 10.3. The van der Waals surface area contributed by atoms with Crippen LogP contribution in [0.2, 0.25) is 0 Å². The number of unbranched alkanes of at least 4 members (excludes halogenated alkanes) is 8. The zero-order chi connectivity index (χ0) is 15.3. The molecule has 124 valence electrons. The Morgan fingerprint density at radius 2 is 1.67 bits per heavy atom. The maximum Gasteiger partial charge on any atom is 0.222 e. The summed E-state index contributed by atoms with van der Waals surface area (Å²) in [5.41, 5.74) is 0. The van der Waals surface area contributed by atoms with Crippen LogP contribution in [0.3, 0.4) is 0 Å². The molecule has 1 heterocycles. The minimum absolute atomic E-state index is 0.370. The fraction of sp³-hybridized carbons (Fsp3) is 0.944. The van der Waals surface area contributed by atoms with Gasteiger partial charge < -0.3 is 4.90 Å². The second-order valence-corrected chi connectivity index (χ2v) is 6.93. The summed E-state index contributed by atoms with van der Waals surface area (Å²) in [6.07, 6.45) is 14.8. The van der Waals surface area contributed by atoms with E-state index in [4.69, 9.17) is 11.6 Å². The number of hydrogen-bond acceptors (Lipinski definition) is 1. The third-order valence-corrected chi connectivity index (χ3v) is 4.87. The Hall–Kier alpha value is -0.240. The molecule has 0 aromatic rings. The highest BCUT2D eigenvalue weighted by Gasteiger charge is 2.24. The van der Waals surface area contributed by atoms with Crippen molar-refractivity contribution in [2.45, 2.75) is 84.0 Å². The Bertz CT molecular complexity index is 270. The summed E-state index contributed by atoms with van der Waals surface area (Å²) in [7, 11) is 0. The van der Waals surface area contributed by atoms with Crippen molar-refractivity contribution in [3.8, 4) is 0 Å². The van der Waals surface area contributed by atoms with E-state index in [0.717, 1.165) is 44.7 Å². The van der Waals surface area contributed by atoms with Gasteiger partial charge in [0.05, 0.1) is 0 Å². The van der Waals surface area contributed by atoms with Gasteiger partial charge in [0.25, 0.3) is 0 Å². The van der Waals surface area contributed by atoms with E-state index in [-0.39, 0.29) is 0 Å². The molecular weight excluding hydrogens is 282 g/mol. The maximum absolute atomic E-state index is 12.1. The highest BCUT2D eigenvalue weighted by atomic mass is 35.5. The van der Waals surface area contributed by atoms with Crippen LogP contribution in [0, 0.1) is 5.92 Å². The molecule has 1 unspecified atom stereocenters. The lowest BCUT2D eigenvalue weighted by molar-refractivity contribution is -0.130. The van der Waals surface area contributed by atoms with Crippen LogP contribution in [0.25, 0.3) is 0 Å². The summed E-state index contributed by atoms with van der Waals surface area (Å²) in [5, 5.41) is 0. The molecule has 0 aliphatic carbocycles. The molecule has 1 aliphatic heterocycles. The number of carbonyl (C=O) groups excluding carboxylic acids is 1. The summed E-state index contributed by atoms with van der Waals surface area (Å²) in [6, 6.07) is 0. The molecule has 1 amide bonds. The van der Waals surface area contributed by atoms with Crippen molar-refractivity contribution in [1.29, 1.82) is 0 Å². The topological polar surface area (TPSA) is 20.3 Å². The zero-order valence-electron chi connectivity index (χ0n) is 13.9. The van der Waals surface area contributed by atoms with E-state index in [0.29, 0.717) is 11.8 Å².